The number of methoxy groups -OCH3 is 1. The van der Waals surface area contributed by atoms with Crippen molar-refractivity contribution >= 4 is 0 Å². The molecule has 1 aromatic carbocycles. The minimum absolute atomic E-state index is 0.334. The lowest BCUT2D eigenvalue weighted by atomic mass is 10.1. The van der Waals surface area contributed by atoms with E-state index in [-0.39, 0.29) is 0 Å². The molecule has 0 spiro atoms. The van der Waals surface area contributed by atoms with E-state index < -0.39 is 6.10 Å². The van der Waals surface area contributed by atoms with Crippen molar-refractivity contribution in [1.82, 2.24) is 4.90 Å². The Kier molecular flexibility index (Phi) is 9.75. The van der Waals surface area contributed by atoms with Gasteiger partial charge in [0.2, 0.25) is 0 Å². The van der Waals surface area contributed by atoms with Crippen molar-refractivity contribution in [3.05, 3.63) is 48.0 Å². The fraction of sp³-hybridized carbons (Fsp3) is 0.556. The van der Waals surface area contributed by atoms with Crippen LogP contribution in [0.15, 0.2) is 36.9 Å². The summed E-state index contributed by atoms with van der Waals surface area (Å²) >= 11 is 0. The molecule has 0 saturated heterocycles. The normalized spacial score (nSPS) is 12.5. The van der Waals surface area contributed by atoms with E-state index in [1.165, 1.54) is 11.1 Å². The van der Waals surface area contributed by atoms with E-state index in [0.29, 0.717) is 19.8 Å². The Morgan fingerprint density at radius 2 is 2.23 bits per heavy atom. The molecule has 1 N–H and O–H groups in total. The standard InChI is InChI=1S/C18H29NO3/c1-4-10-22-15-18(20)14-19(9-6-11-21-3)13-17-8-5-7-16(2)12-17/h4-5,7-8,12,18,20H,1,6,9-11,13-15H2,2-3H3. The number of ether oxygens (including phenoxy) is 2. The van der Waals surface area contributed by atoms with Crippen LogP contribution in [0.3, 0.4) is 0 Å². The van der Waals surface area contributed by atoms with E-state index in [2.05, 4.69) is 42.7 Å². The number of aryl methyl sites for hydroxylation is 1. The highest BCUT2D eigenvalue weighted by Crippen LogP contribution is 2.09. The van der Waals surface area contributed by atoms with Gasteiger partial charge in [0, 0.05) is 33.4 Å². The molecule has 0 aliphatic heterocycles. The average Bonchev–Trinajstić information content (AvgIpc) is 2.47. The highest BCUT2D eigenvalue weighted by atomic mass is 16.5. The molecule has 1 aromatic rings. The third-order valence-electron chi connectivity index (χ3n) is 3.33. The van der Waals surface area contributed by atoms with Crippen LogP contribution < -0.4 is 0 Å². The topological polar surface area (TPSA) is 41.9 Å². The fourth-order valence-corrected chi connectivity index (χ4v) is 2.37. The second kappa shape index (κ2) is 11.4. The van der Waals surface area contributed by atoms with Gasteiger partial charge < -0.3 is 14.6 Å². The molecule has 0 amide bonds. The van der Waals surface area contributed by atoms with E-state index in [4.69, 9.17) is 9.47 Å². The zero-order valence-electron chi connectivity index (χ0n) is 13.8. The summed E-state index contributed by atoms with van der Waals surface area (Å²) in [5.41, 5.74) is 2.51. The maximum atomic E-state index is 10.1. The van der Waals surface area contributed by atoms with Crippen LogP contribution in [0.4, 0.5) is 0 Å². The molecule has 0 aliphatic carbocycles. The Morgan fingerprint density at radius 3 is 2.91 bits per heavy atom. The van der Waals surface area contributed by atoms with E-state index in [1.807, 2.05) is 0 Å². The monoisotopic (exact) mass is 307 g/mol. The fourth-order valence-electron chi connectivity index (χ4n) is 2.37. The number of hydrogen-bond acceptors (Lipinski definition) is 4. The largest absolute Gasteiger partial charge is 0.389 e. The van der Waals surface area contributed by atoms with Crippen LogP contribution in [-0.4, -0.2) is 56.1 Å². The molecule has 22 heavy (non-hydrogen) atoms. The summed E-state index contributed by atoms with van der Waals surface area (Å²) in [6.45, 7) is 9.53. The molecule has 1 atom stereocenters. The van der Waals surface area contributed by atoms with Gasteiger partial charge in [-0.1, -0.05) is 35.9 Å². The molecule has 1 rings (SSSR count). The zero-order valence-corrected chi connectivity index (χ0v) is 13.8. The summed E-state index contributed by atoms with van der Waals surface area (Å²) < 4.78 is 10.4. The Bertz CT molecular complexity index is 423. The number of aliphatic hydroxyl groups excluding tert-OH is 1. The molecule has 4 heteroatoms. The van der Waals surface area contributed by atoms with Crippen molar-refractivity contribution in [1.29, 1.82) is 0 Å². The first kappa shape index (κ1) is 18.8. The summed E-state index contributed by atoms with van der Waals surface area (Å²) in [5.74, 6) is 0. The molecular weight excluding hydrogens is 278 g/mol. The predicted molar refractivity (Wildman–Crippen MR) is 90.0 cm³/mol. The van der Waals surface area contributed by atoms with E-state index in [0.717, 1.165) is 26.1 Å². The molecule has 0 bridgehead atoms. The quantitative estimate of drug-likeness (QED) is 0.475. The summed E-state index contributed by atoms with van der Waals surface area (Å²) in [6, 6.07) is 8.47. The Labute approximate surface area is 134 Å². The molecule has 0 fully saturated rings. The van der Waals surface area contributed by atoms with Crippen LogP contribution in [-0.2, 0) is 16.0 Å². The van der Waals surface area contributed by atoms with Crippen molar-refractivity contribution in [2.24, 2.45) is 0 Å². The molecular formula is C18H29NO3. The van der Waals surface area contributed by atoms with Gasteiger partial charge in [-0.2, -0.15) is 0 Å². The lowest BCUT2D eigenvalue weighted by molar-refractivity contribution is 0.0229. The van der Waals surface area contributed by atoms with Gasteiger partial charge >= 0.3 is 0 Å². The SMILES string of the molecule is C=CCOCC(O)CN(CCCOC)Cc1cccc(C)c1. The second-order valence-corrected chi connectivity index (χ2v) is 5.55. The molecule has 4 nitrogen and oxygen atoms in total. The van der Waals surface area contributed by atoms with Crippen molar-refractivity contribution in [2.45, 2.75) is 26.0 Å². The van der Waals surface area contributed by atoms with Crippen LogP contribution in [0, 0.1) is 6.92 Å². The van der Waals surface area contributed by atoms with Crippen LogP contribution in [0.5, 0.6) is 0 Å². The van der Waals surface area contributed by atoms with Gasteiger partial charge in [0.15, 0.2) is 0 Å². The number of rotatable bonds is 12. The van der Waals surface area contributed by atoms with Gasteiger partial charge in [0.05, 0.1) is 19.3 Å². The van der Waals surface area contributed by atoms with Crippen LogP contribution in [0.1, 0.15) is 17.5 Å². The van der Waals surface area contributed by atoms with E-state index in [9.17, 15) is 5.11 Å². The third kappa shape index (κ3) is 8.29. The van der Waals surface area contributed by atoms with Crippen LogP contribution in [0.25, 0.3) is 0 Å². The Balaban J connectivity index is 2.52. The third-order valence-corrected chi connectivity index (χ3v) is 3.33. The van der Waals surface area contributed by atoms with Gasteiger partial charge in [-0.15, -0.1) is 6.58 Å². The van der Waals surface area contributed by atoms with Crippen molar-refractivity contribution < 1.29 is 14.6 Å². The molecule has 0 saturated carbocycles. The lowest BCUT2D eigenvalue weighted by Crippen LogP contribution is -2.35. The van der Waals surface area contributed by atoms with E-state index in [1.54, 1.807) is 13.2 Å². The minimum atomic E-state index is -0.493. The number of hydrogen-bond donors (Lipinski definition) is 1. The molecule has 0 aromatic heterocycles. The van der Waals surface area contributed by atoms with Gasteiger partial charge in [0.1, 0.15) is 0 Å². The van der Waals surface area contributed by atoms with Crippen molar-refractivity contribution in [2.75, 3.05) is 40.0 Å². The Morgan fingerprint density at radius 1 is 1.41 bits per heavy atom. The first-order valence-corrected chi connectivity index (χ1v) is 7.79. The summed E-state index contributed by atoms with van der Waals surface area (Å²) in [4.78, 5) is 2.25. The van der Waals surface area contributed by atoms with Crippen LogP contribution in [0.2, 0.25) is 0 Å². The highest BCUT2D eigenvalue weighted by molar-refractivity contribution is 5.22. The van der Waals surface area contributed by atoms with Crippen molar-refractivity contribution in [3.8, 4) is 0 Å². The van der Waals surface area contributed by atoms with Gasteiger partial charge in [-0.05, 0) is 18.9 Å². The smallest absolute Gasteiger partial charge is 0.0900 e. The lowest BCUT2D eigenvalue weighted by Gasteiger charge is -2.25. The first-order valence-electron chi connectivity index (χ1n) is 7.79. The van der Waals surface area contributed by atoms with E-state index >= 15 is 0 Å². The van der Waals surface area contributed by atoms with Crippen LogP contribution >= 0.6 is 0 Å². The van der Waals surface area contributed by atoms with Crippen molar-refractivity contribution in [3.63, 3.8) is 0 Å². The highest BCUT2D eigenvalue weighted by Gasteiger charge is 2.12. The summed E-state index contributed by atoms with van der Waals surface area (Å²) in [7, 11) is 1.71. The molecule has 0 radical (unpaired) electrons. The summed E-state index contributed by atoms with van der Waals surface area (Å²) in [5, 5.41) is 10.1. The molecule has 1 unspecified atom stereocenters. The number of nitrogens with zero attached hydrogens (tertiary/aromatic N) is 1. The number of benzene rings is 1. The maximum Gasteiger partial charge on any atom is 0.0900 e. The zero-order chi connectivity index (χ0) is 16.2. The summed E-state index contributed by atoms with van der Waals surface area (Å²) in [6.07, 6.45) is 2.14. The Hall–Kier alpha value is -1.20. The molecule has 0 aliphatic rings. The average molecular weight is 307 g/mol. The molecule has 124 valence electrons. The first-order chi connectivity index (χ1) is 10.7. The van der Waals surface area contributed by atoms with Gasteiger partial charge in [-0.25, -0.2) is 0 Å². The minimum Gasteiger partial charge on any atom is -0.389 e. The second-order valence-electron chi connectivity index (χ2n) is 5.55. The maximum absolute atomic E-state index is 10.1. The van der Waals surface area contributed by atoms with Gasteiger partial charge in [-0.3, -0.25) is 4.90 Å². The molecule has 0 heterocycles. The number of aliphatic hydroxyl groups is 1. The van der Waals surface area contributed by atoms with Gasteiger partial charge in [0.25, 0.3) is 0 Å². The predicted octanol–water partition coefficient (Wildman–Crippen LogP) is 2.40.